The molecular formula is C19H27N3O3. The van der Waals surface area contributed by atoms with E-state index in [0.717, 1.165) is 32.2 Å². The molecule has 0 saturated carbocycles. The van der Waals surface area contributed by atoms with E-state index in [1.54, 1.807) is 17.0 Å². The van der Waals surface area contributed by atoms with Gasteiger partial charge >= 0.3 is 0 Å². The van der Waals surface area contributed by atoms with Crippen molar-refractivity contribution >= 4 is 11.8 Å². The number of nitrogens with one attached hydrogen (secondary N) is 2. The zero-order chi connectivity index (χ0) is 17.6. The van der Waals surface area contributed by atoms with Crippen LogP contribution in [0.2, 0.25) is 0 Å². The van der Waals surface area contributed by atoms with Crippen LogP contribution in [-0.2, 0) is 9.59 Å². The monoisotopic (exact) mass is 345 g/mol. The van der Waals surface area contributed by atoms with E-state index in [9.17, 15) is 14.7 Å². The van der Waals surface area contributed by atoms with Crippen molar-refractivity contribution in [1.29, 1.82) is 0 Å². The van der Waals surface area contributed by atoms with Crippen LogP contribution in [-0.4, -0.2) is 54.0 Å². The van der Waals surface area contributed by atoms with Crippen LogP contribution in [0.3, 0.4) is 0 Å². The molecule has 3 unspecified atom stereocenters. The van der Waals surface area contributed by atoms with Gasteiger partial charge in [0.05, 0.1) is 6.04 Å². The summed E-state index contributed by atoms with van der Waals surface area (Å²) in [5, 5.41) is 16.5. The van der Waals surface area contributed by atoms with Crippen LogP contribution in [0.5, 0.6) is 0 Å². The van der Waals surface area contributed by atoms with Gasteiger partial charge in [0, 0.05) is 19.6 Å². The van der Waals surface area contributed by atoms with Crippen LogP contribution in [0.4, 0.5) is 0 Å². The molecule has 3 N–H and O–H groups in total. The number of likely N-dealkylation sites (tertiary alicyclic amines) is 1. The Balaban J connectivity index is 1.50. The Morgan fingerprint density at radius 3 is 2.76 bits per heavy atom. The number of nitrogens with zero attached hydrogens (tertiary/aromatic N) is 1. The number of rotatable bonds is 5. The van der Waals surface area contributed by atoms with Crippen LogP contribution in [0.25, 0.3) is 0 Å². The van der Waals surface area contributed by atoms with E-state index < -0.39 is 6.10 Å². The molecule has 0 bridgehead atoms. The average molecular weight is 345 g/mol. The summed E-state index contributed by atoms with van der Waals surface area (Å²) >= 11 is 0. The van der Waals surface area contributed by atoms with Crippen molar-refractivity contribution in [2.24, 2.45) is 5.92 Å². The lowest BCUT2D eigenvalue weighted by atomic mass is 9.96. The van der Waals surface area contributed by atoms with Crippen molar-refractivity contribution in [1.82, 2.24) is 15.5 Å². The third kappa shape index (κ3) is 4.58. The predicted molar refractivity (Wildman–Crippen MR) is 94.7 cm³/mol. The molecule has 0 aliphatic carbocycles. The Labute approximate surface area is 148 Å². The second kappa shape index (κ2) is 8.45. The summed E-state index contributed by atoms with van der Waals surface area (Å²) < 4.78 is 0. The number of aliphatic hydroxyl groups is 1. The molecule has 25 heavy (non-hydrogen) atoms. The van der Waals surface area contributed by atoms with Crippen LogP contribution in [0.1, 0.15) is 37.4 Å². The van der Waals surface area contributed by atoms with Gasteiger partial charge in [-0.15, -0.1) is 0 Å². The van der Waals surface area contributed by atoms with E-state index in [0.29, 0.717) is 25.2 Å². The molecule has 2 aliphatic rings. The summed E-state index contributed by atoms with van der Waals surface area (Å²) in [6.07, 6.45) is 2.71. The number of hydrogen-bond donors (Lipinski definition) is 3. The van der Waals surface area contributed by atoms with Gasteiger partial charge in [-0.3, -0.25) is 9.59 Å². The molecule has 1 aromatic carbocycles. The average Bonchev–Trinajstić information content (AvgIpc) is 3.21. The van der Waals surface area contributed by atoms with Crippen molar-refractivity contribution in [3.63, 3.8) is 0 Å². The van der Waals surface area contributed by atoms with Gasteiger partial charge in [-0.1, -0.05) is 30.3 Å². The van der Waals surface area contributed by atoms with Gasteiger partial charge in [-0.05, 0) is 43.7 Å². The molecule has 3 rings (SSSR count). The van der Waals surface area contributed by atoms with Crippen molar-refractivity contribution < 1.29 is 14.7 Å². The van der Waals surface area contributed by atoms with Crippen molar-refractivity contribution in [2.75, 3.05) is 26.2 Å². The topological polar surface area (TPSA) is 81.7 Å². The maximum Gasteiger partial charge on any atom is 0.256 e. The highest BCUT2D eigenvalue weighted by molar-refractivity contribution is 5.82. The quantitative estimate of drug-likeness (QED) is 0.738. The molecule has 0 spiro atoms. The van der Waals surface area contributed by atoms with Crippen LogP contribution in [0, 0.1) is 5.92 Å². The summed E-state index contributed by atoms with van der Waals surface area (Å²) in [5.41, 5.74) is 0.621. The van der Waals surface area contributed by atoms with Gasteiger partial charge in [-0.25, -0.2) is 0 Å². The van der Waals surface area contributed by atoms with Gasteiger partial charge in [0.15, 0.2) is 6.10 Å². The van der Waals surface area contributed by atoms with E-state index in [1.165, 1.54) is 0 Å². The summed E-state index contributed by atoms with van der Waals surface area (Å²) in [5.74, 6) is 0.0518. The highest BCUT2D eigenvalue weighted by Gasteiger charge is 2.29. The normalized spacial score (nSPS) is 24.8. The number of amides is 2. The van der Waals surface area contributed by atoms with E-state index in [4.69, 9.17) is 0 Å². The van der Waals surface area contributed by atoms with E-state index in [2.05, 4.69) is 10.6 Å². The molecule has 6 heteroatoms. The first-order chi connectivity index (χ1) is 12.1. The van der Waals surface area contributed by atoms with Crippen molar-refractivity contribution in [2.45, 2.75) is 37.8 Å². The lowest BCUT2D eigenvalue weighted by Crippen LogP contribution is -2.47. The summed E-state index contributed by atoms with van der Waals surface area (Å²) in [6, 6.07) is 8.95. The van der Waals surface area contributed by atoms with Gasteiger partial charge in [0.25, 0.3) is 5.91 Å². The smallest absolute Gasteiger partial charge is 0.256 e. The predicted octanol–water partition coefficient (Wildman–Crippen LogP) is 0.827. The number of aliphatic hydroxyl groups excluding tert-OH is 1. The largest absolute Gasteiger partial charge is 0.378 e. The molecule has 3 atom stereocenters. The Kier molecular flexibility index (Phi) is 6.04. The lowest BCUT2D eigenvalue weighted by molar-refractivity contribution is -0.142. The first-order valence-electron chi connectivity index (χ1n) is 9.18. The van der Waals surface area contributed by atoms with Gasteiger partial charge in [-0.2, -0.15) is 0 Å². The Morgan fingerprint density at radius 2 is 2.04 bits per heavy atom. The van der Waals surface area contributed by atoms with E-state index in [1.807, 2.05) is 18.2 Å². The van der Waals surface area contributed by atoms with E-state index >= 15 is 0 Å². The first kappa shape index (κ1) is 17.9. The molecule has 2 heterocycles. The summed E-state index contributed by atoms with van der Waals surface area (Å²) in [6.45, 7) is 2.74. The zero-order valence-corrected chi connectivity index (χ0v) is 14.5. The van der Waals surface area contributed by atoms with Crippen LogP contribution >= 0.6 is 0 Å². The number of piperidine rings is 1. The van der Waals surface area contributed by atoms with Crippen LogP contribution < -0.4 is 10.6 Å². The number of carbonyl (C=O) groups is 2. The first-order valence-corrected chi connectivity index (χ1v) is 9.18. The molecule has 2 saturated heterocycles. The molecule has 2 amide bonds. The third-order valence-electron chi connectivity index (χ3n) is 5.12. The van der Waals surface area contributed by atoms with Crippen molar-refractivity contribution in [3.8, 4) is 0 Å². The van der Waals surface area contributed by atoms with Gasteiger partial charge in [0.1, 0.15) is 0 Å². The molecule has 2 fully saturated rings. The fraction of sp³-hybridized carbons (Fsp3) is 0.579. The van der Waals surface area contributed by atoms with E-state index in [-0.39, 0.29) is 23.8 Å². The fourth-order valence-electron chi connectivity index (χ4n) is 3.66. The van der Waals surface area contributed by atoms with Crippen LogP contribution in [0.15, 0.2) is 30.3 Å². The SMILES string of the molecule is O=C(NCC1CCCN(C(=O)C(O)c2ccccc2)C1)C1CCCN1. The minimum atomic E-state index is -1.11. The fourth-order valence-corrected chi connectivity index (χ4v) is 3.66. The maximum atomic E-state index is 12.6. The molecule has 136 valence electrons. The van der Waals surface area contributed by atoms with Gasteiger partial charge in [0.2, 0.25) is 5.91 Å². The minimum Gasteiger partial charge on any atom is -0.378 e. The molecule has 0 aromatic heterocycles. The number of hydrogen-bond acceptors (Lipinski definition) is 4. The third-order valence-corrected chi connectivity index (χ3v) is 5.12. The van der Waals surface area contributed by atoms with Gasteiger partial charge < -0.3 is 20.6 Å². The lowest BCUT2D eigenvalue weighted by Gasteiger charge is -2.34. The summed E-state index contributed by atoms with van der Waals surface area (Å²) in [7, 11) is 0. The van der Waals surface area contributed by atoms with Crippen molar-refractivity contribution in [3.05, 3.63) is 35.9 Å². The second-order valence-corrected chi connectivity index (χ2v) is 7.00. The highest BCUT2D eigenvalue weighted by Crippen LogP contribution is 2.21. The minimum absolute atomic E-state index is 0.0604. The Bertz CT molecular complexity index is 587. The maximum absolute atomic E-state index is 12.6. The Morgan fingerprint density at radius 1 is 1.24 bits per heavy atom. The highest BCUT2D eigenvalue weighted by atomic mass is 16.3. The molecule has 1 aromatic rings. The number of benzene rings is 1. The molecule has 2 aliphatic heterocycles. The standard InChI is InChI=1S/C19H27N3O3/c23-17(15-7-2-1-3-8-15)19(25)22-11-5-6-14(13-22)12-21-18(24)16-9-4-10-20-16/h1-3,7-8,14,16-17,20,23H,4-6,9-13H2,(H,21,24). The molecule has 0 radical (unpaired) electrons. The molecular weight excluding hydrogens is 318 g/mol. The Hall–Kier alpha value is -1.92. The second-order valence-electron chi connectivity index (χ2n) is 7.00. The zero-order valence-electron chi connectivity index (χ0n) is 14.5. The molecule has 6 nitrogen and oxygen atoms in total. The summed E-state index contributed by atoms with van der Waals surface area (Å²) in [4.78, 5) is 26.4. The number of carbonyl (C=O) groups excluding carboxylic acids is 2.